The normalized spacial score (nSPS) is 27.2. The van der Waals surface area contributed by atoms with E-state index in [0.29, 0.717) is 12.5 Å². The van der Waals surface area contributed by atoms with Crippen molar-refractivity contribution in [2.24, 2.45) is 17.8 Å². The molecule has 2 aliphatic rings. The van der Waals surface area contributed by atoms with E-state index in [1.54, 1.807) is 4.68 Å². The molecule has 0 unspecified atom stereocenters. The minimum absolute atomic E-state index is 0.0790. The van der Waals surface area contributed by atoms with Crippen LogP contribution in [0.3, 0.4) is 0 Å². The number of carbonyl (C=O) groups is 1. The summed E-state index contributed by atoms with van der Waals surface area (Å²) in [5, 5.41) is 8.55. The van der Waals surface area contributed by atoms with Crippen LogP contribution in [0.15, 0.2) is 30.5 Å². The highest BCUT2D eigenvalue weighted by Gasteiger charge is 2.38. The van der Waals surface area contributed by atoms with Crippen molar-refractivity contribution in [3.05, 3.63) is 30.5 Å². The van der Waals surface area contributed by atoms with Crippen molar-refractivity contribution in [2.75, 3.05) is 6.54 Å². The average molecular weight is 297 g/mol. The summed E-state index contributed by atoms with van der Waals surface area (Å²) in [4.78, 5) is 12.2. The van der Waals surface area contributed by atoms with E-state index in [1.807, 2.05) is 30.5 Å². The first kappa shape index (κ1) is 13.8. The molecule has 4 nitrogen and oxygen atoms in total. The molecule has 2 saturated carbocycles. The molecule has 4 heteroatoms. The number of benzene rings is 1. The van der Waals surface area contributed by atoms with E-state index in [2.05, 4.69) is 10.4 Å². The number of hydrogen-bond acceptors (Lipinski definition) is 2. The third-order valence-electron chi connectivity index (χ3n) is 5.64. The van der Waals surface area contributed by atoms with Crippen LogP contribution in [0.2, 0.25) is 0 Å². The van der Waals surface area contributed by atoms with E-state index in [0.717, 1.165) is 29.3 Å². The van der Waals surface area contributed by atoms with Gasteiger partial charge in [-0.25, -0.2) is 0 Å². The summed E-state index contributed by atoms with van der Waals surface area (Å²) >= 11 is 0. The summed E-state index contributed by atoms with van der Waals surface area (Å²) in [7, 11) is 0. The third-order valence-corrected chi connectivity index (χ3v) is 5.64. The third kappa shape index (κ3) is 2.51. The molecule has 0 aliphatic heterocycles. The Morgan fingerprint density at radius 2 is 2.14 bits per heavy atom. The van der Waals surface area contributed by atoms with Gasteiger partial charge in [-0.2, -0.15) is 5.10 Å². The fourth-order valence-corrected chi connectivity index (χ4v) is 4.53. The Kier molecular flexibility index (Phi) is 3.60. The van der Waals surface area contributed by atoms with E-state index < -0.39 is 0 Å². The maximum atomic E-state index is 12.2. The highest BCUT2D eigenvalue weighted by atomic mass is 16.2. The monoisotopic (exact) mass is 297 g/mol. The quantitative estimate of drug-likeness (QED) is 0.943. The molecule has 1 heterocycles. The Balaban J connectivity index is 1.35. The molecule has 2 aromatic rings. The van der Waals surface area contributed by atoms with E-state index in [9.17, 15) is 4.79 Å². The number of para-hydroxylation sites is 1. The Morgan fingerprint density at radius 1 is 1.23 bits per heavy atom. The van der Waals surface area contributed by atoms with Crippen molar-refractivity contribution in [1.29, 1.82) is 0 Å². The van der Waals surface area contributed by atoms with Crippen LogP contribution in [-0.2, 0) is 11.3 Å². The molecule has 1 aromatic carbocycles. The summed E-state index contributed by atoms with van der Waals surface area (Å²) in [6, 6.07) is 8.01. The van der Waals surface area contributed by atoms with Crippen LogP contribution in [-0.4, -0.2) is 22.2 Å². The lowest BCUT2D eigenvalue weighted by molar-refractivity contribution is -0.122. The lowest BCUT2D eigenvalue weighted by atomic mass is 9.92. The molecule has 0 spiro atoms. The minimum Gasteiger partial charge on any atom is -0.354 e. The molecular weight excluding hydrogens is 274 g/mol. The summed E-state index contributed by atoms with van der Waals surface area (Å²) < 4.78 is 1.79. The second kappa shape index (κ2) is 5.75. The summed E-state index contributed by atoms with van der Waals surface area (Å²) in [5.74, 6) is 2.59. The molecule has 3 atom stereocenters. The van der Waals surface area contributed by atoms with Crippen molar-refractivity contribution < 1.29 is 4.79 Å². The Labute approximate surface area is 130 Å². The average Bonchev–Trinajstić information content (AvgIpc) is 3.22. The van der Waals surface area contributed by atoms with Crippen LogP contribution in [0.5, 0.6) is 0 Å². The van der Waals surface area contributed by atoms with Crippen LogP contribution in [0, 0.1) is 17.8 Å². The van der Waals surface area contributed by atoms with Crippen LogP contribution in [0.4, 0.5) is 0 Å². The molecule has 0 radical (unpaired) electrons. The number of nitrogens with zero attached hydrogens (tertiary/aromatic N) is 2. The van der Waals surface area contributed by atoms with Crippen LogP contribution >= 0.6 is 0 Å². The largest absolute Gasteiger partial charge is 0.354 e. The number of amides is 1. The molecule has 4 rings (SSSR count). The molecule has 1 amide bonds. The van der Waals surface area contributed by atoms with Gasteiger partial charge >= 0.3 is 0 Å². The van der Waals surface area contributed by atoms with Gasteiger partial charge in [-0.3, -0.25) is 9.48 Å². The summed E-state index contributed by atoms with van der Waals surface area (Å²) in [6.45, 7) is 1.16. The van der Waals surface area contributed by atoms with Crippen molar-refractivity contribution in [2.45, 2.75) is 38.6 Å². The first-order valence-corrected chi connectivity index (χ1v) is 8.48. The van der Waals surface area contributed by atoms with Crippen molar-refractivity contribution in [1.82, 2.24) is 15.1 Å². The first-order valence-electron chi connectivity index (χ1n) is 8.48. The van der Waals surface area contributed by atoms with E-state index in [-0.39, 0.29) is 5.91 Å². The number of fused-ring (bicyclic) bond motifs is 2. The van der Waals surface area contributed by atoms with Crippen molar-refractivity contribution in [3.8, 4) is 0 Å². The van der Waals surface area contributed by atoms with Gasteiger partial charge < -0.3 is 5.32 Å². The second-order valence-electron chi connectivity index (χ2n) is 6.86. The van der Waals surface area contributed by atoms with Crippen LogP contribution in [0.25, 0.3) is 10.9 Å². The molecular formula is C18H23N3O. The van der Waals surface area contributed by atoms with Crippen molar-refractivity contribution in [3.63, 3.8) is 0 Å². The Morgan fingerprint density at radius 3 is 3.09 bits per heavy atom. The molecule has 0 saturated heterocycles. The number of aromatic nitrogens is 2. The van der Waals surface area contributed by atoms with Gasteiger partial charge in [-0.15, -0.1) is 0 Å². The standard InChI is InChI=1S/C18H23N3O/c22-18(12-21-17-7-2-1-4-15(17)11-20-21)19-10-14-9-8-13-5-3-6-16(13)14/h1-2,4,7,11,13-14,16H,3,5-6,8-10,12H2,(H,19,22)/t13-,14+,16-/m0/s1. The maximum Gasteiger partial charge on any atom is 0.241 e. The predicted molar refractivity (Wildman–Crippen MR) is 86.3 cm³/mol. The van der Waals surface area contributed by atoms with Gasteiger partial charge in [0.1, 0.15) is 6.54 Å². The number of nitrogens with one attached hydrogen (secondary N) is 1. The molecule has 116 valence electrons. The molecule has 1 N–H and O–H groups in total. The van der Waals surface area contributed by atoms with Gasteiger partial charge in [-0.05, 0) is 43.1 Å². The van der Waals surface area contributed by atoms with E-state index >= 15 is 0 Å². The fraction of sp³-hybridized carbons (Fsp3) is 0.556. The molecule has 0 bridgehead atoms. The molecule has 2 fully saturated rings. The highest BCUT2D eigenvalue weighted by Crippen LogP contribution is 2.47. The number of rotatable bonds is 4. The topological polar surface area (TPSA) is 46.9 Å². The van der Waals surface area contributed by atoms with Gasteiger partial charge in [0.25, 0.3) is 0 Å². The highest BCUT2D eigenvalue weighted by molar-refractivity contribution is 5.81. The Bertz CT molecular complexity index is 678. The van der Waals surface area contributed by atoms with Gasteiger partial charge in [0.2, 0.25) is 5.91 Å². The zero-order chi connectivity index (χ0) is 14.9. The fourth-order valence-electron chi connectivity index (χ4n) is 4.53. The molecule has 1 aromatic heterocycles. The minimum atomic E-state index is 0.0790. The first-order chi connectivity index (χ1) is 10.8. The van der Waals surface area contributed by atoms with Gasteiger partial charge in [0.15, 0.2) is 0 Å². The van der Waals surface area contributed by atoms with Gasteiger partial charge in [0, 0.05) is 11.9 Å². The van der Waals surface area contributed by atoms with Gasteiger partial charge in [0.05, 0.1) is 11.7 Å². The molecule has 2 aliphatic carbocycles. The lowest BCUT2D eigenvalue weighted by Crippen LogP contribution is -2.33. The summed E-state index contributed by atoms with van der Waals surface area (Å²) in [6.07, 6.45) is 8.65. The number of hydrogen-bond donors (Lipinski definition) is 1. The lowest BCUT2D eigenvalue weighted by Gasteiger charge is -2.19. The molecule has 22 heavy (non-hydrogen) atoms. The second-order valence-corrected chi connectivity index (χ2v) is 6.86. The van der Waals surface area contributed by atoms with E-state index in [4.69, 9.17) is 0 Å². The SMILES string of the molecule is O=C(Cn1ncc2ccccc21)NC[C@H]1CC[C@@H]2CCC[C@@H]21. The smallest absolute Gasteiger partial charge is 0.241 e. The maximum absolute atomic E-state index is 12.2. The van der Waals surface area contributed by atoms with Crippen LogP contribution in [0.1, 0.15) is 32.1 Å². The van der Waals surface area contributed by atoms with Crippen molar-refractivity contribution >= 4 is 16.8 Å². The zero-order valence-electron chi connectivity index (χ0n) is 12.9. The Hall–Kier alpha value is -1.84. The zero-order valence-corrected chi connectivity index (χ0v) is 12.9. The van der Waals surface area contributed by atoms with Crippen LogP contribution < -0.4 is 5.32 Å². The number of carbonyl (C=O) groups excluding carboxylic acids is 1. The summed E-state index contributed by atoms with van der Waals surface area (Å²) in [5.41, 5.74) is 1.02. The van der Waals surface area contributed by atoms with Gasteiger partial charge in [-0.1, -0.05) is 31.0 Å². The predicted octanol–water partition coefficient (Wildman–Crippen LogP) is 2.98. The van der Waals surface area contributed by atoms with E-state index in [1.165, 1.54) is 32.1 Å².